The second-order valence-corrected chi connectivity index (χ2v) is 7.13. The van der Waals surface area contributed by atoms with Crippen LogP contribution in [0.4, 0.5) is 21.7 Å². The van der Waals surface area contributed by atoms with Crippen LogP contribution in [0.1, 0.15) is 0 Å². The van der Waals surface area contributed by atoms with Crippen molar-refractivity contribution in [3.05, 3.63) is 54.6 Å². The van der Waals surface area contributed by atoms with Crippen molar-refractivity contribution >= 4 is 39.3 Å². The van der Waals surface area contributed by atoms with Gasteiger partial charge in [-0.25, -0.2) is 14.4 Å². The van der Waals surface area contributed by atoms with Crippen LogP contribution >= 0.6 is 0 Å². The number of halogens is 1. The topological polar surface area (TPSA) is 57.4 Å². The van der Waals surface area contributed by atoms with Crippen LogP contribution in [0, 0.1) is 5.82 Å². The molecular weight excluding hydrogens is 357 g/mol. The molecule has 5 rings (SSSR count). The smallest absolute Gasteiger partial charge is 0.153 e. The van der Waals surface area contributed by atoms with Gasteiger partial charge in [0.2, 0.25) is 0 Å². The summed E-state index contributed by atoms with van der Waals surface area (Å²) in [5.41, 5.74) is 2.28. The number of likely N-dealkylation sites (N-methyl/N-ethyl adjacent to an activating group) is 1. The number of nitrogens with one attached hydrogen (secondary N) is 1. The highest BCUT2D eigenvalue weighted by atomic mass is 19.1. The summed E-state index contributed by atoms with van der Waals surface area (Å²) in [4.78, 5) is 13.6. The van der Waals surface area contributed by atoms with Gasteiger partial charge >= 0.3 is 0 Å². The summed E-state index contributed by atoms with van der Waals surface area (Å²) >= 11 is 0. The number of benzene rings is 1. The van der Waals surface area contributed by atoms with E-state index in [1.165, 1.54) is 12.1 Å². The maximum absolute atomic E-state index is 13.4. The molecule has 1 aliphatic rings. The molecular formula is C21H20FN5O. The number of aromatic nitrogens is 2. The lowest BCUT2D eigenvalue weighted by molar-refractivity contribution is 0.313. The quantitative estimate of drug-likeness (QED) is 0.582. The molecule has 28 heavy (non-hydrogen) atoms. The predicted octanol–water partition coefficient (Wildman–Crippen LogP) is 4.01. The van der Waals surface area contributed by atoms with E-state index >= 15 is 0 Å². The molecule has 0 amide bonds. The van der Waals surface area contributed by atoms with Crippen molar-refractivity contribution in [2.75, 3.05) is 43.4 Å². The molecule has 7 heteroatoms. The second-order valence-electron chi connectivity index (χ2n) is 7.13. The Balaban J connectivity index is 1.38. The van der Waals surface area contributed by atoms with Crippen LogP contribution in [-0.4, -0.2) is 48.1 Å². The van der Waals surface area contributed by atoms with Gasteiger partial charge in [0.1, 0.15) is 23.0 Å². The summed E-state index contributed by atoms with van der Waals surface area (Å²) in [6, 6.07) is 10.5. The van der Waals surface area contributed by atoms with E-state index in [2.05, 4.69) is 38.2 Å². The maximum Gasteiger partial charge on any atom is 0.153 e. The molecule has 0 saturated carbocycles. The van der Waals surface area contributed by atoms with Crippen LogP contribution in [0.15, 0.2) is 53.2 Å². The molecule has 3 aromatic heterocycles. The van der Waals surface area contributed by atoms with Gasteiger partial charge in [0, 0.05) is 43.0 Å². The summed E-state index contributed by atoms with van der Waals surface area (Å²) < 4.78 is 19.1. The van der Waals surface area contributed by atoms with Gasteiger partial charge in [-0.3, -0.25) is 0 Å². The van der Waals surface area contributed by atoms with Crippen molar-refractivity contribution in [2.45, 2.75) is 0 Å². The van der Waals surface area contributed by atoms with E-state index in [0.29, 0.717) is 17.0 Å². The second kappa shape index (κ2) is 6.76. The number of fused-ring (bicyclic) bond motifs is 3. The maximum atomic E-state index is 13.4. The fourth-order valence-electron chi connectivity index (χ4n) is 3.57. The standard InChI is InChI=1S/C21H20FN5O/c1-26-6-8-27(9-7-26)15-3-5-20(23-12-15)25-21-11-17-16-4-2-14(22)10-18(16)28-19(17)13-24-21/h2-5,10-13H,6-9H2,1H3,(H,23,24,25). The normalized spacial score (nSPS) is 15.4. The summed E-state index contributed by atoms with van der Waals surface area (Å²) in [6.45, 7) is 4.15. The van der Waals surface area contributed by atoms with Gasteiger partial charge in [-0.2, -0.15) is 0 Å². The first-order valence-corrected chi connectivity index (χ1v) is 9.30. The average Bonchev–Trinajstić information content (AvgIpc) is 3.06. The monoisotopic (exact) mass is 377 g/mol. The Morgan fingerprint density at radius 1 is 0.893 bits per heavy atom. The molecule has 0 spiro atoms. The molecule has 1 fully saturated rings. The molecule has 142 valence electrons. The number of hydrogen-bond donors (Lipinski definition) is 1. The summed E-state index contributed by atoms with van der Waals surface area (Å²) in [5.74, 6) is 1.07. The zero-order valence-corrected chi connectivity index (χ0v) is 15.5. The first-order chi connectivity index (χ1) is 13.7. The van der Waals surface area contributed by atoms with Crippen LogP contribution in [-0.2, 0) is 0 Å². The van der Waals surface area contributed by atoms with E-state index < -0.39 is 0 Å². The fourth-order valence-corrected chi connectivity index (χ4v) is 3.57. The molecule has 0 bridgehead atoms. The third-order valence-electron chi connectivity index (χ3n) is 5.19. The van der Waals surface area contributed by atoms with E-state index in [1.54, 1.807) is 12.3 Å². The van der Waals surface area contributed by atoms with Gasteiger partial charge < -0.3 is 19.5 Å². The van der Waals surface area contributed by atoms with E-state index in [-0.39, 0.29) is 5.82 Å². The molecule has 1 N–H and O–H groups in total. The number of anilines is 3. The summed E-state index contributed by atoms with van der Waals surface area (Å²) in [6.07, 6.45) is 3.54. The summed E-state index contributed by atoms with van der Waals surface area (Å²) in [7, 11) is 2.14. The largest absolute Gasteiger partial charge is 0.454 e. The zero-order valence-electron chi connectivity index (χ0n) is 15.5. The van der Waals surface area contributed by atoms with Crippen LogP contribution in [0.5, 0.6) is 0 Å². The number of pyridine rings is 2. The molecule has 4 heterocycles. The molecule has 0 aliphatic carbocycles. The predicted molar refractivity (Wildman–Crippen MR) is 109 cm³/mol. The number of rotatable bonds is 3. The SMILES string of the molecule is CN1CCN(c2ccc(Nc3cc4c(cn3)oc3cc(F)ccc34)nc2)CC1. The number of nitrogens with zero attached hydrogens (tertiary/aromatic N) is 4. The minimum absolute atomic E-state index is 0.317. The van der Waals surface area contributed by atoms with Crippen molar-refractivity contribution in [1.82, 2.24) is 14.9 Å². The van der Waals surface area contributed by atoms with E-state index in [9.17, 15) is 4.39 Å². The van der Waals surface area contributed by atoms with Gasteiger partial charge in [-0.05, 0) is 37.4 Å². The molecule has 0 radical (unpaired) electrons. The molecule has 6 nitrogen and oxygen atoms in total. The van der Waals surface area contributed by atoms with Gasteiger partial charge in [0.25, 0.3) is 0 Å². The van der Waals surface area contributed by atoms with Crippen molar-refractivity contribution in [3.8, 4) is 0 Å². The third kappa shape index (κ3) is 3.14. The highest BCUT2D eigenvalue weighted by Crippen LogP contribution is 2.30. The van der Waals surface area contributed by atoms with Crippen LogP contribution in [0.2, 0.25) is 0 Å². The Morgan fingerprint density at radius 2 is 1.71 bits per heavy atom. The van der Waals surface area contributed by atoms with Gasteiger partial charge in [0.05, 0.1) is 18.1 Å². The lowest BCUT2D eigenvalue weighted by Gasteiger charge is -2.33. The van der Waals surface area contributed by atoms with Crippen molar-refractivity contribution in [1.29, 1.82) is 0 Å². The van der Waals surface area contributed by atoms with Gasteiger partial charge in [0.15, 0.2) is 5.58 Å². The van der Waals surface area contributed by atoms with Crippen molar-refractivity contribution in [3.63, 3.8) is 0 Å². The highest BCUT2D eigenvalue weighted by molar-refractivity contribution is 6.05. The fraction of sp³-hybridized carbons (Fsp3) is 0.238. The van der Waals surface area contributed by atoms with Crippen molar-refractivity contribution < 1.29 is 8.81 Å². The molecule has 4 aromatic rings. The van der Waals surface area contributed by atoms with Crippen LogP contribution in [0.3, 0.4) is 0 Å². The first kappa shape index (κ1) is 16.9. The number of piperazine rings is 1. The Labute approximate surface area is 161 Å². The Bertz CT molecular complexity index is 1130. The lowest BCUT2D eigenvalue weighted by atomic mass is 10.2. The minimum Gasteiger partial charge on any atom is -0.454 e. The van der Waals surface area contributed by atoms with E-state index in [4.69, 9.17) is 4.42 Å². The van der Waals surface area contributed by atoms with E-state index in [1.807, 2.05) is 18.3 Å². The minimum atomic E-state index is -0.317. The number of furan rings is 1. The Morgan fingerprint density at radius 3 is 2.50 bits per heavy atom. The first-order valence-electron chi connectivity index (χ1n) is 9.30. The Kier molecular flexibility index (Phi) is 4.09. The number of hydrogen-bond acceptors (Lipinski definition) is 6. The average molecular weight is 377 g/mol. The molecule has 1 saturated heterocycles. The van der Waals surface area contributed by atoms with Gasteiger partial charge in [-0.15, -0.1) is 0 Å². The van der Waals surface area contributed by atoms with Crippen LogP contribution < -0.4 is 10.2 Å². The highest BCUT2D eigenvalue weighted by Gasteiger charge is 2.14. The van der Waals surface area contributed by atoms with Crippen LogP contribution in [0.25, 0.3) is 21.9 Å². The van der Waals surface area contributed by atoms with Gasteiger partial charge in [-0.1, -0.05) is 0 Å². The van der Waals surface area contributed by atoms with E-state index in [0.717, 1.165) is 48.5 Å². The van der Waals surface area contributed by atoms with Crippen molar-refractivity contribution in [2.24, 2.45) is 0 Å². The summed E-state index contributed by atoms with van der Waals surface area (Å²) in [5, 5.41) is 4.99. The Hall–Kier alpha value is -3.19. The zero-order chi connectivity index (χ0) is 19.1. The lowest BCUT2D eigenvalue weighted by Crippen LogP contribution is -2.44. The molecule has 0 unspecified atom stereocenters. The molecule has 1 aromatic carbocycles. The molecule has 1 aliphatic heterocycles. The third-order valence-corrected chi connectivity index (χ3v) is 5.19. The molecule has 0 atom stereocenters.